The monoisotopic (exact) mass is 277 g/mol. The van der Waals surface area contributed by atoms with E-state index in [2.05, 4.69) is 74.2 Å². The number of fused-ring (bicyclic) bond motifs is 1. The molecule has 0 radical (unpaired) electrons. The first-order valence-electron chi connectivity index (χ1n) is 8.05. The van der Waals surface area contributed by atoms with Gasteiger partial charge in [0.1, 0.15) is 0 Å². The van der Waals surface area contributed by atoms with Crippen LogP contribution >= 0.6 is 0 Å². The van der Waals surface area contributed by atoms with Gasteiger partial charge < -0.3 is 0 Å². The summed E-state index contributed by atoms with van der Waals surface area (Å²) in [4.78, 5) is 2.70. The highest BCUT2D eigenvalue weighted by Crippen LogP contribution is 2.49. The van der Waals surface area contributed by atoms with Gasteiger partial charge in [-0.15, -0.1) is 0 Å². The Morgan fingerprint density at radius 3 is 2.43 bits per heavy atom. The van der Waals surface area contributed by atoms with Crippen molar-refractivity contribution in [3.8, 4) is 0 Å². The van der Waals surface area contributed by atoms with Crippen LogP contribution in [0.5, 0.6) is 0 Å². The zero-order chi connectivity index (χ0) is 14.6. The van der Waals surface area contributed by atoms with Gasteiger partial charge >= 0.3 is 0 Å². The van der Waals surface area contributed by atoms with Gasteiger partial charge in [-0.3, -0.25) is 4.90 Å². The van der Waals surface area contributed by atoms with Crippen LogP contribution in [0.2, 0.25) is 0 Å². The summed E-state index contributed by atoms with van der Waals surface area (Å²) >= 11 is 0. The second kappa shape index (κ2) is 4.45. The number of nitrogens with zero attached hydrogens (tertiary/aromatic N) is 1. The fourth-order valence-electron chi connectivity index (χ4n) is 4.47. The van der Waals surface area contributed by atoms with Crippen molar-refractivity contribution < 1.29 is 0 Å². The van der Waals surface area contributed by atoms with Crippen LogP contribution in [0.15, 0.2) is 48.5 Å². The van der Waals surface area contributed by atoms with E-state index in [1.807, 2.05) is 0 Å². The largest absolute Gasteiger partial charge is 0.292 e. The first-order valence-corrected chi connectivity index (χ1v) is 8.05. The Hall–Kier alpha value is -1.60. The maximum atomic E-state index is 2.70. The summed E-state index contributed by atoms with van der Waals surface area (Å²) in [5, 5.41) is 0. The first-order chi connectivity index (χ1) is 10.1. The normalized spacial score (nSPS) is 27.3. The summed E-state index contributed by atoms with van der Waals surface area (Å²) in [6.45, 7) is 8.22. The van der Waals surface area contributed by atoms with Crippen molar-refractivity contribution in [2.45, 2.75) is 44.7 Å². The maximum absolute atomic E-state index is 2.70. The number of rotatable bonds is 1. The second-order valence-electron chi connectivity index (χ2n) is 7.06. The number of hydrogen-bond donors (Lipinski definition) is 0. The van der Waals surface area contributed by atoms with Crippen LogP contribution in [0.4, 0.5) is 0 Å². The molecule has 0 amide bonds. The van der Waals surface area contributed by atoms with Crippen molar-refractivity contribution in [2.75, 3.05) is 6.54 Å². The van der Waals surface area contributed by atoms with E-state index >= 15 is 0 Å². The molecule has 108 valence electrons. The van der Waals surface area contributed by atoms with E-state index in [9.17, 15) is 0 Å². The van der Waals surface area contributed by atoms with E-state index in [1.54, 1.807) is 0 Å². The van der Waals surface area contributed by atoms with Gasteiger partial charge in [0, 0.05) is 24.0 Å². The maximum Gasteiger partial charge on any atom is 0.0394 e. The molecule has 2 unspecified atom stereocenters. The molecule has 0 N–H and O–H groups in total. The molecule has 0 spiro atoms. The lowest BCUT2D eigenvalue weighted by Crippen LogP contribution is -2.48. The quantitative estimate of drug-likeness (QED) is 0.750. The molecule has 0 fully saturated rings. The van der Waals surface area contributed by atoms with E-state index < -0.39 is 0 Å². The molecular weight excluding hydrogens is 254 g/mol. The third-order valence-corrected chi connectivity index (χ3v) is 5.50. The first kappa shape index (κ1) is 13.1. The molecule has 21 heavy (non-hydrogen) atoms. The van der Waals surface area contributed by atoms with E-state index in [0.717, 1.165) is 13.0 Å². The van der Waals surface area contributed by atoms with Gasteiger partial charge in [0.25, 0.3) is 0 Å². The Labute approximate surface area is 127 Å². The molecule has 2 aromatic carbocycles. The summed E-state index contributed by atoms with van der Waals surface area (Å²) < 4.78 is 0. The molecular formula is C20H23N. The lowest BCUT2D eigenvalue weighted by molar-refractivity contribution is 0.118. The van der Waals surface area contributed by atoms with Crippen LogP contribution in [0.25, 0.3) is 0 Å². The lowest BCUT2D eigenvalue weighted by atomic mass is 9.71. The molecule has 0 saturated carbocycles. The van der Waals surface area contributed by atoms with Crippen molar-refractivity contribution in [2.24, 2.45) is 0 Å². The number of benzene rings is 2. The van der Waals surface area contributed by atoms with E-state index in [-0.39, 0.29) is 5.41 Å². The highest BCUT2D eigenvalue weighted by Gasteiger charge is 2.46. The third kappa shape index (κ3) is 1.74. The zero-order valence-electron chi connectivity index (χ0n) is 13.1. The predicted octanol–water partition coefficient (Wildman–Crippen LogP) is 4.31. The molecule has 1 heteroatoms. The summed E-state index contributed by atoms with van der Waals surface area (Å²) in [7, 11) is 0. The Balaban J connectivity index is 2.02. The molecule has 0 saturated heterocycles. The van der Waals surface area contributed by atoms with Crippen LogP contribution in [0, 0.1) is 0 Å². The predicted molar refractivity (Wildman–Crippen MR) is 87.6 cm³/mol. The van der Waals surface area contributed by atoms with Gasteiger partial charge in [0.15, 0.2) is 0 Å². The van der Waals surface area contributed by atoms with Gasteiger partial charge in [-0.25, -0.2) is 0 Å². The smallest absolute Gasteiger partial charge is 0.0394 e. The minimum atomic E-state index is 0.116. The van der Waals surface area contributed by atoms with Crippen molar-refractivity contribution in [1.29, 1.82) is 0 Å². The molecule has 1 aliphatic carbocycles. The van der Waals surface area contributed by atoms with E-state index in [4.69, 9.17) is 0 Å². The molecule has 2 atom stereocenters. The van der Waals surface area contributed by atoms with Crippen molar-refractivity contribution in [1.82, 2.24) is 4.90 Å². The fraction of sp³-hybridized carbons (Fsp3) is 0.400. The molecule has 0 aromatic heterocycles. The van der Waals surface area contributed by atoms with Gasteiger partial charge in [-0.2, -0.15) is 0 Å². The van der Waals surface area contributed by atoms with Crippen molar-refractivity contribution in [3.05, 3.63) is 70.8 Å². The summed E-state index contributed by atoms with van der Waals surface area (Å²) in [6.07, 6.45) is 1.14. The van der Waals surface area contributed by atoms with Crippen molar-refractivity contribution in [3.63, 3.8) is 0 Å². The minimum absolute atomic E-state index is 0.116. The van der Waals surface area contributed by atoms with Gasteiger partial charge in [0.05, 0.1) is 0 Å². The molecule has 2 bridgehead atoms. The average Bonchev–Trinajstić information content (AvgIpc) is 2.69. The minimum Gasteiger partial charge on any atom is -0.292 e. The molecule has 5 rings (SSSR count). The van der Waals surface area contributed by atoms with Crippen LogP contribution < -0.4 is 0 Å². The van der Waals surface area contributed by atoms with Crippen LogP contribution in [0.3, 0.4) is 0 Å². The Kier molecular flexibility index (Phi) is 2.77. The van der Waals surface area contributed by atoms with Gasteiger partial charge in [-0.1, -0.05) is 55.5 Å². The van der Waals surface area contributed by atoms with Gasteiger partial charge in [-0.05, 0) is 42.5 Å². The molecule has 1 nitrogen and oxygen atoms in total. The zero-order valence-corrected chi connectivity index (χ0v) is 13.1. The fourth-order valence-corrected chi connectivity index (χ4v) is 4.47. The molecule has 2 heterocycles. The number of hydrogen-bond acceptors (Lipinski definition) is 1. The summed E-state index contributed by atoms with van der Waals surface area (Å²) in [6, 6.07) is 19.3. The second-order valence-corrected chi connectivity index (χ2v) is 7.06. The van der Waals surface area contributed by atoms with E-state index in [0.29, 0.717) is 12.1 Å². The van der Waals surface area contributed by atoms with Gasteiger partial charge in [0.2, 0.25) is 0 Å². The van der Waals surface area contributed by atoms with Crippen LogP contribution in [0.1, 0.15) is 49.1 Å². The van der Waals surface area contributed by atoms with Crippen LogP contribution in [-0.2, 0) is 11.8 Å². The average molecular weight is 277 g/mol. The lowest BCUT2D eigenvalue weighted by Gasteiger charge is -2.46. The molecule has 2 aromatic rings. The molecule has 2 aliphatic heterocycles. The Morgan fingerprint density at radius 1 is 1.00 bits per heavy atom. The molecule has 3 aliphatic rings. The topological polar surface area (TPSA) is 3.24 Å². The third-order valence-electron chi connectivity index (χ3n) is 5.50. The highest BCUT2D eigenvalue weighted by atomic mass is 15.2. The Bertz CT molecular complexity index is 688. The van der Waals surface area contributed by atoms with Crippen molar-refractivity contribution >= 4 is 0 Å². The standard InChI is InChI=1S/C20H23N/c1-14(2)21-13-20(3)17-10-6-4-8-15(17)12-19(21)16-9-5-7-11-18(16)20/h4-11,14,19H,12-13H2,1-3H3. The SMILES string of the molecule is CC(C)N1CC2(C)c3ccccc3CC1c1ccccc12. The summed E-state index contributed by atoms with van der Waals surface area (Å²) in [5.41, 5.74) is 6.25. The highest BCUT2D eigenvalue weighted by molar-refractivity contribution is 5.53. The van der Waals surface area contributed by atoms with Crippen LogP contribution in [-0.4, -0.2) is 17.5 Å². The van der Waals surface area contributed by atoms with E-state index in [1.165, 1.54) is 22.3 Å². The summed E-state index contributed by atoms with van der Waals surface area (Å²) in [5.74, 6) is 0. The Morgan fingerprint density at radius 2 is 1.67 bits per heavy atom.